The molecular formula is C19H19N5O3. The number of nitrogens with one attached hydrogen (secondary N) is 2. The number of carbonyl (C=O) groups is 2. The van der Waals surface area contributed by atoms with Gasteiger partial charge in [0.05, 0.1) is 0 Å². The first-order chi connectivity index (χ1) is 13.0. The third kappa shape index (κ3) is 3.21. The van der Waals surface area contributed by atoms with Crippen LogP contribution in [0.15, 0.2) is 41.3 Å². The molecule has 2 N–H and O–H groups in total. The van der Waals surface area contributed by atoms with Crippen LogP contribution in [-0.4, -0.2) is 37.9 Å². The van der Waals surface area contributed by atoms with Gasteiger partial charge in [-0.25, -0.2) is 9.50 Å². The molecular weight excluding hydrogens is 346 g/mol. The van der Waals surface area contributed by atoms with E-state index in [0.29, 0.717) is 24.3 Å². The topological polar surface area (TPSA) is 99.6 Å². The molecule has 8 nitrogen and oxygen atoms in total. The van der Waals surface area contributed by atoms with Crippen LogP contribution in [0.1, 0.15) is 34.5 Å². The molecule has 1 aliphatic rings. The van der Waals surface area contributed by atoms with E-state index in [2.05, 4.69) is 15.4 Å². The minimum absolute atomic E-state index is 0.131. The van der Waals surface area contributed by atoms with E-state index in [9.17, 15) is 14.4 Å². The molecule has 138 valence electrons. The second kappa shape index (κ2) is 6.71. The van der Waals surface area contributed by atoms with Crippen molar-refractivity contribution in [2.24, 2.45) is 0 Å². The molecule has 1 fully saturated rings. The van der Waals surface area contributed by atoms with Crippen LogP contribution in [0.25, 0.3) is 5.65 Å². The molecule has 8 heteroatoms. The Bertz CT molecular complexity index is 1100. The molecule has 1 aliphatic heterocycles. The maximum absolute atomic E-state index is 12.8. The minimum atomic E-state index is -0.369. The maximum atomic E-state index is 12.8. The number of hydrogen-bond acceptors (Lipinski definition) is 4. The summed E-state index contributed by atoms with van der Waals surface area (Å²) in [5.74, 6) is -0.238. The van der Waals surface area contributed by atoms with Gasteiger partial charge in [0.1, 0.15) is 5.56 Å². The average molecular weight is 365 g/mol. The van der Waals surface area contributed by atoms with Crippen LogP contribution in [0, 0.1) is 6.92 Å². The maximum Gasteiger partial charge on any atom is 0.272 e. The molecule has 0 saturated carbocycles. The van der Waals surface area contributed by atoms with Gasteiger partial charge in [0, 0.05) is 43.2 Å². The number of amides is 2. The third-order valence-corrected chi connectivity index (χ3v) is 4.67. The number of H-pyrrole nitrogens is 1. The standard InChI is InChI=1S/C19H19N5O3/c1-12-9-17(26)24-18(21-12)14(10-20-24)19(27)22-15-6-3-2-5-13(15)11-23-8-4-7-16(23)25/h2-3,5-6,9-10,20H,4,7-8,11H2,1H3,(H,22,27). The summed E-state index contributed by atoms with van der Waals surface area (Å²) >= 11 is 0. The normalized spacial score (nSPS) is 14.1. The summed E-state index contributed by atoms with van der Waals surface area (Å²) in [5.41, 5.74) is 2.33. The highest BCUT2D eigenvalue weighted by Gasteiger charge is 2.22. The quantitative estimate of drug-likeness (QED) is 0.735. The van der Waals surface area contributed by atoms with E-state index in [1.54, 1.807) is 17.9 Å². The predicted octanol–water partition coefficient (Wildman–Crippen LogP) is 1.71. The summed E-state index contributed by atoms with van der Waals surface area (Å²) in [5, 5.41) is 5.64. The van der Waals surface area contributed by atoms with Crippen molar-refractivity contribution in [3.05, 3.63) is 63.7 Å². The molecule has 0 bridgehead atoms. The molecule has 1 saturated heterocycles. The van der Waals surface area contributed by atoms with Gasteiger partial charge < -0.3 is 10.2 Å². The molecule has 0 aliphatic carbocycles. The fourth-order valence-electron chi connectivity index (χ4n) is 3.31. The van der Waals surface area contributed by atoms with Gasteiger partial charge in [0.25, 0.3) is 11.5 Å². The Labute approximate surface area is 154 Å². The lowest BCUT2D eigenvalue weighted by molar-refractivity contribution is -0.128. The highest BCUT2D eigenvalue weighted by Crippen LogP contribution is 2.21. The average Bonchev–Trinajstić information content (AvgIpc) is 3.23. The Morgan fingerprint density at radius 1 is 1.30 bits per heavy atom. The van der Waals surface area contributed by atoms with E-state index in [4.69, 9.17) is 0 Å². The number of para-hydroxylation sites is 1. The summed E-state index contributed by atoms with van der Waals surface area (Å²) in [6.45, 7) is 2.90. The van der Waals surface area contributed by atoms with Gasteiger partial charge in [-0.1, -0.05) is 18.2 Å². The zero-order valence-electron chi connectivity index (χ0n) is 14.9. The van der Waals surface area contributed by atoms with Crippen LogP contribution in [0.2, 0.25) is 0 Å². The van der Waals surface area contributed by atoms with Crippen molar-refractivity contribution in [3.63, 3.8) is 0 Å². The molecule has 3 heterocycles. The van der Waals surface area contributed by atoms with Gasteiger partial charge in [0.15, 0.2) is 5.65 Å². The van der Waals surface area contributed by atoms with Crippen molar-refractivity contribution in [1.29, 1.82) is 0 Å². The van der Waals surface area contributed by atoms with Crippen molar-refractivity contribution in [3.8, 4) is 0 Å². The Kier molecular flexibility index (Phi) is 4.23. The lowest BCUT2D eigenvalue weighted by atomic mass is 10.1. The molecule has 2 aromatic heterocycles. The number of carbonyl (C=O) groups excluding carboxylic acids is 2. The van der Waals surface area contributed by atoms with E-state index in [0.717, 1.165) is 18.5 Å². The Hall–Kier alpha value is -3.42. The molecule has 0 spiro atoms. The fourth-order valence-corrected chi connectivity index (χ4v) is 3.31. The molecule has 4 rings (SSSR count). The van der Waals surface area contributed by atoms with Crippen LogP contribution in [-0.2, 0) is 11.3 Å². The molecule has 0 unspecified atom stereocenters. The number of fused-ring (bicyclic) bond motifs is 1. The van der Waals surface area contributed by atoms with Crippen molar-refractivity contribution in [2.75, 3.05) is 11.9 Å². The van der Waals surface area contributed by atoms with Crippen LogP contribution in [0.3, 0.4) is 0 Å². The molecule has 27 heavy (non-hydrogen) atoms. The first-order valence-corrected chi connectivity index (χ1v) is 8.78. The summed E-state index contributed by atoms with van der Waals surface area (Å²) in [7, 11) is 0. The SMILES string of the molecule is Cc1cc(=O)n2[nH]cc(C(=O)Nc3ccccc3CN3CCCC3=O)c2n1. The second-order valence-corrected chi connectivity index (χ2v) is 6.61. The highest BCUT2D eigenvalue weighted by atomic mass is 16.2. The van der Waals surface area contributed by atoms with Crippen molar-refractivity contribution >= 4 is 23.1 Å². The Morgan fingerprint density at radius 2 is 2.11 bits per heavy atom. The van der Waals surface area contributed by atoms with E-state index >= 15 is 0 Å². The van der Waals surface area contributed by atoms with Gasteiger partial charge in [-0.3, -0.25) is 19.5 Å². The number of likely N-dealkylation sites (tertiary alicyclic amines) is 1. The lowest BCUT2D eigenvalue weighted by Crippen LogP contribution is -2.25. The largest absolute Gasteiger partial charge is 0.338 e. The first-order valence-electron chi connectivity index (χ1n) is 8.78. The van der Waals surface area contributed by atoms with Crippen LogP contribution in [0.5, 0.6) is 0 Å². The molecule has 0 radical (unpaired) electrons. The zero-order valence-corrected chi connectivity index (χ0v) is 14.9. The monoisotopic (exact) mass is 365 g/mol. The van der Waals surface area contributed by atoms with E-state index in [-0.39, 0.29) is 28.6 Å². The number of rotatable bonds is 4. The smallest absolute Gasteiger partial charge is 0.272 e. The van der Waals surface area contributed by atoms with Gasteiger partial charge in [0.2, 0.25) is 5.91 Å². The number of aromatic nitrogens is 3. The van der Waals surface area contributed by atoms with Crippen LogP contribution >= 0.6 is 0 Å². The zero-order chi connectivity index (χ0) is 19.0. The van der Waals surface area contributed by atoms with Crippen molar-refractivity contribution < 1.29 is 9.59 Å². The molecule has 1 aromatic carbocycles. The predicted molar refractivity (Wildman–Crippen MR) is 99.6 cm³/mol. The number of nitrogens with zero attached hydrogens (tertiary/aromatic N) is 3. The van der Waals surface area contributed by atoms with E-state index < -0.39 is 0 Å². The van der Waals surface area contributed by atoms with Gasteiger partial charge in [-0.2, -0.15) is 0 Å². The lowest BCUT2D eigenvalue weighted by Gasteiger charge is -2.18. The number of aromatic amines is 1. The second-order valence-electron chi connectivity index (χ2n) is 6.61. The van der Waals surface area contributed by atoms with Crippen molar-refractivity contribution in [2.45, 2.75) is 26.3 Å². The number of aryl methyl sites for hydroxylation is 1. The Morgan fingerprint density at radius 3 is 2.89 bits per heavy atom. The first kappa shape index (κ1) is 17.0. The van der Waals surface area contributed by atoms with Gasteiger partial charge >= 0.3 is 0 Å². The van der Waals surface area contributed by atoms with Gasteiger partial charge in [-0.15, -0.1) is 0 Å². The molecule has 0 atom stereocenters. The minimum Gasteiger partial charge on any atom is -0.338 e. The van der Waals surface area contributed by atoms with E-state index in [1.165, 1.54) is 16.8 Å². The summed E-state index contributed by atoms with van der Waals surface area (Å²) < 4.78 is 1.23. The summed E-state index contributed by atoms with van der Waals surface area (Å²) in [4.78, 5) is 42.8. The number of hydrogen-bond donors (Lipinski definition) is 2. The summed E-state index contributed by atoms with van der Waals surface area (Å²) in [6, 6.07) is 8.79. The van der Waals surface area contributed by atoms with Crippen molar-refractivity contribution in [1.82, 2.24) is 19.5 Å². The third-order valence-electron chi connectivity index (χ3n) is 4.67. The van der Waals surface area contributed by atoms with Gasteiger partial charge in [-0.05, 0) is 25.0 Å². The fraction of sp³-hybridized carbons (Fsp3) is 0.263. The van der Waals surface area contributed by atoms with Crippen LogP contribution < -0.4 is 10.9 Å². The highest BCUT2D eigenvalue weighted by molar-refractivity contribution is 6.08. The van der Waals surface area contributed by atoms with Crippen LogP contribution in [0.4, 0.5) is 5.69 Å². The molecule has 2 amide bonds. The summed E-state index contributed by atoms with van der Waals surface area (Å²) in [6.07, 6.45) is 2.90. The number of anilines is 1. The number of benzene rings is 1. The van der Waals surface area contributed by atoms with E-state index in [1.807, 2.05) is 18.2 Å². The molecule has 3 aromatic rings. The Balaban J connectivity index is 1.62.